The average Bonchev–Trinajstić information content (AvgIpc) is 1.78. The van der Waals surface area contributed by atoms with Crippen molar-refractivity contribution in [2.45, 2.75) is 38.7 Å². The standard InChI is InChI=1S/C8H19OSi/c1-5-6-7-9-10-8(2,3)4/h2,5-7,10H2,1,3-4H3. The highest BCUT2D eigenvalue weighted by Gasteiger charge is 2.10. The first-order chi connectivity index (χ1) is 4.56. The molecule has 0 bridgehead atoms. The van der Waals surface area contributed by atoms with E-state index in [0.717, 1.165) is 6.61 Å². The summed E-state index contributed by atoms with van der Waals surface area (Å²) in [7, 11) is -0.382. The van der Waals surface area contributed by atoms with Crippen LogP contribution in [0.25, 0.3) is 0 Å². The molecule has 0 unspecified atom stereocenters. The molecular weight excluding hydrogens is 140 g/mol. The van der Waals surface area contributed by atoms with Crippen LogP contribution in [0.5, 0.6) is 0 Å². The highest BCUT2D eigenvalue weighted by atomic mass is 28.2. The van der Waals surface area contributed by atoms with E-state index in [4.69, 9.17) is 4.43 Å². The predicted molar refractivity (Wildman–Crippen MR) is 48.8 cm³/mol. The number of rotatable bonds is 5. The third kappa shape index (κ3) is 8.18. The Labute approximate surface area is 67.1 Å². The molecule has 0 rings (SSSR count). The van der Waals surface area contributed by atoms with Gasteiger partial charge in [0, 0.05) is 6.61 Å². The van der Waals surface area contributed by atoms with E-state index in [1.807, 2.05) is 0 Å². The van der Waals surface area contributed by atoms with Crippen LogP contribution in [0.3, 0.4) is 0 Å². The maximum absolute atomic E-state index is 5.51. The molecule has 2 heteroatoms. The van der Waals surface area contributed by atoms with Gasteiger partial charge in [-0.15, -0.1) is 0 Å². The monoisotopic (exact) mass is 159 g/mol. The lowest BCUT2D eigenvalue weighted by Gasteiger charge is -2.16. The number of unbranched alkanes of at least 4 members (excludes halogenated alkanes) is 1. The van der Waals surface area contributed by atoms with Gasteiger partial charge in [-0.1, -0.05) is 27.2 Å². The van der Waals surface area contributed by atoms with Crippen LogP contribution in [0.4, 0.5) is 0 Å². The Hall–Kier alpha value is 0.177. The number of hydrogen-bond donors (Lipinski definition) is 0. The zero-order chi connectivity index (χ0) is 8.04. The highest BCUT2D eigenvalue weighted by molar-refractivity contribution is 6.32. The van der Waals surface area contributed by atoms with Crippen LogP contribution in [0, 0.1) is 6.92 Å². The molecule has 0 aromatic rings. The van der Waals surface area contributed by atoms with Gasteiger partial charge in [0.15, 0.2) is 9.76 Å². The van der Waals surface area contributed by atoms with Gasteiger partial charge in [-0.25, -0.2) is 0 Å². The van der Waals surface area contributed by atoms with E-state index >= 15 is 0 Å². The normalized spacial score (nSPS) is 13.2. The third-order valence-electron chi connectivity index (χ3n) is 1.14. The molecule has 0 saturated carbocycles. The SMILES string of the molecule is [CH2]C(C)(C)[SiH2]OCCCC. The first-order valence-electron chi connectivity index (χ1n) is 3.99. The zero-order valence-electron chi connectivity index (χ0n) is 7.44. The van der Waals surface area contributed by atoms with Crippen molar-refractivity contribution < 1.29 is 4.43 Å². The summed E-state index contributed by atoms with van der Waals surface area (Å²) in [5.41, 5.74) is 0. The van der Waals surface area contributed by atoms with E-state index in [0.29, 0.717) is 0 Å². The molecule has 0 amide bonds. The maximum atomic E-state index is 5.51. The Morgan fingerprint density at radius 1 is 1.50 bits per heavy atom. The van der Waals surface area contributed by atoms with Crippen LogP contribution in [0.15, 0.2) is 0 Å². The molecule has 0 aromatic carbocycles. The van der Waals surface area contributed by atoms with E-state index < -0.39 is 0 Å². The van der Waals surface area contributed by atoms with Crippen LogP contribution in [0.2, 0.25) is 5.04 Å². The van der Waals surface area contributed by atoms with E-state index in [-0.39, 0.29) is 14.8 Å². The van der Waals surface area contributed by atoms with Crippen molar-refractivity contribution in [3.8, 4) is 0 Å². The fourth-order valence-corrected chi connectivity index (χ4v) is 1.50. The molecule has 0 fully saturated rings. The molecule has 10 heavy (non-hydrogen) atoms. The fraction of sp³-hybridized carbons (Fsp3) is 0.875. The Morgan fingerprint density at radius 2 is 2.10 bits per heavy atom. The Balaban J connectivity index is 3.04. The number of hydrogen-bond acceptors (Lipinski definition) is 1. The minimum atomic E-state index is -0.382. The lowest BCUT2D eigenvalue weighted by molar-refractivity contribution is 0.315. The van der Waals surface area contributed by atoms with Gasteiger partial charge in [-0.3, -0.25) is 0 Å². The van der Waals surface area contributed by atoms with Gasteiger partial charge in [-0.2, -0.15) is 0 Å². The first-order valence-corrected chi connectivity index (χ1v) is 5.28. The molecule has 1 nitrogen and oxygen atoms in total. The summed E-state index contributed by atoms with van der Waals surface area (Å²) in [6.07, 6.45) is 2.43. The van der Waals surface area contributed by atoms with Gasteiger partial charge in [0.2, 0.25) is 0 Å². The summed E-state index contributed by atoms with van der Waals surface area (Å²) in [4.78, 5) is 0. The second-order valence-electron chi connectivity index (χ2n) is 3.57. The Bertz CT molecular complexity index is 75.8. The summed E-state index contributed by atoms with van der Waals surface area (Å²) in [5.74, 6) is 0. The van der Waals surface area contributed by atoms with Crippen molar-refractivity contribution in [1.29, 1.82) is 0 Å². The lowest BCUT2D eigenvalue weighted by atomic mass is 10.3. The van der Waals surface area contributed by atoms with Gasteiger partial charge in [0.1, 0.15) is 0 Å². The molecule has 0 heterocycles. The van der Waals surface area contributed by atoms with Crippen LogP contribution in [0.1, 0.15) is 33.6 Å². The maximum Gasteiger partial charge on any atom is 0.167 e. The lowest BCUT2D eigenvalue weighted by Crippen LogP contribution is -2.13. The van der Waals surface area contributed by atoms with Gasteiger partial charge in [0.25, 0.3) is 0 Å². The predicted octanol–water partition coefficient (Wildman–Crippen LogP) is 1.92. The fourth-order valence-electron chi connectivity index (χ4n) is 0.595. The molecule has 0 atom stereocenters. The van der Waals surface area contributed by atoms with E-state index in [1.54, 1.807) is 0 Å². The van der Waals surface area contributed by atoms with Crippen molar-refractivity contribution in [2.75, 3.05) is 6.61 Å². The molecule has 1 radical (unpaired) electrons. The topological polar surface area (TPSA) is 9.23 Å². The summed E-state index contributed by atoms with van der Waals surface area (Å²) in [6.45, 7) is 11.4. The van der Waals surface area contributed by atoms with Gasteiger partial charge < -0.3 is 4.43 Å². The van der Waals surface area contributed by atoms with Crippen LogP contribution in [-0.4, -0.2) is 16.4 Å². The first kappa shape index (κ1) is 10.2. The molecule has 0 aliphatic heterocycles. The second-order valence-corrected chi connectivity index (χ2v) is 6.18. The van der Waals surface area contributed by atoms with Crippen molar-refractivity contribution in [2.24, 2.45) is 0 Å². The van der Waals surface area contributed by atoms with Gasteiger partial charge >= 0.3 is 0 Å². The zero-order valence-corrected chi connectivity index (χ0v) is 8.86. The third-order valence-corrected chi connectivity index (χ3v) is 2.41. The smallest absolute Gasteiger partial charge is 0.167 e. The van der Waals surface area contributed by atoms with Gasteiger partial charge in [-0.05, 0) is 18.4 Å². The average molecular weight is 159 g/mol. The summed E-state index contributed by atoms with van der Waals surface area (Å²) in [5, 5.41) is 0.216. The van der Waals surface area contributed by atoms with E-state index in [9.17, 15) is 0 Å². The van der Waals surface area contributed by atoms with Crippen LogP contribution in [-0.2, 0) is 4.43 Å². The van der Waals surface area contributed by atoms with Crippen LogP contribution < -0.4 is 0 Å². The van der Waals surface area contributed by atoms with Crippen molar-refractivity contribution in [3.63, 3.8) is 0 Å². The van der Waals surface area contributed by atoms with Crippen LogP contribution >= 0.6 is 0 Å². The van der Waals surface area contributed by atoms with Crippen molar-refractivity contribution in [1.82, 2.24) is 0 Å². The van der Waals surface area contributed by atoms with E-state index in [1.165, 1.54) is 12.8 Å². The molecule has 0 spiro atoms. The molecule has 0 saturated heterocycles. The van der Waals surface area contributed by atoms with E-state index in [2.05, 4.69) is 27.7 Å². The molecule has 0 N–H and O–H groups in total. The summed E-state index contributed by atoms with van der Waals surface area (Å²) in [6, 6.07) is 0. The minimum Gasteiger partial charge on any atom is -0.423 e. The molecule has 61 valence electrons. The largest absolute Gasteiger partial charge is 0.423 e. The second kappa shape index (κ2) is 4.91. The van der Waals surface area contributed by atoms with Crippen molar-refractivity contribution >= 4 is 9.76 Å². The van der Waals surface area contributed by atoms with Gasteiger partial charge in [0.05, 0.1) is 0 Å². The molecule has 0 aromatic heterocycles. The summed E-state index contributed by atoms with van der Waals surface area (Å²) < 4.78 is 5.51. The minimum absolute atomic E-state index is 0.216. The van der Waals surface area contributed by atoms with Crippen molar-refractivity contribution in [3.05, 3.63) is 6.92 Å². The molecular formula is C8H19OSi. The highest BCUT2D eigenvalue weighted by Crippen LogP contribution is 2.19. The molecule has 0 aliphatic carbocycles. The summed E-state index contributed by atoms with van der Waals surface area (Å²) >= 11 is 0. The Morgan fingerprint density at radius 3 is 2.50 bits per heavy atom. The molecule has 0 aliphatic rings. The Kier molecular flexibility index (Phi) is 5.00. The quantitative estimate of drug-likeness (QED) is 0.440.